The number of aromatic nitrogens is 1. The van der Waals surface area contributed by atoms with Gasteiger partial charge in [0.05, 0.1) is 17.8 Å². The van der Waals surface area contributed by atoms with Gasteiger partial charge in [-0.1, -0.05) is 0 Å². The van der Waals surface area contributed by atoms with Crippen LogP contribution >= 0.6 is 0 Å². The molecule has 1 aromatic heterocycles. The zero-order valence-electron chi connectivity index (χ0n) is 16.9. The first-order valence-corrected chi connectivity index (χ1v) is 9.99. The van der Waals surface area contributed by atoms with Gasteiger partial charge in [0.2, 0.25) is 5.91 Å². The number of hydrogen-bond donors (Lipinski definition) is 2. The highest BCUT2D eigenvalue weighted by molar-refractivity contribution is 5.92. The molecule has 0 bridgehead atoms. The van der Waals surface area contributed by atoms with Crippen LogP contribution in [0.15, 0.2) is 36.4 Å². The van der Waals surface area contributed by atoms with Crippen LogP contribution in [-0.2, 0) is 4.79 Å². The van der Waals surface area contributed by atoms with Gasteiger partial charge in [-0.3, -0.25) is 4.79 Å². The first-order chi connectivity index (χ1) is 14.3. The summed E-state index contributed by atoms with van der Waals surface area (Å²) in [4.78, 5) is 16.8. The Labute approximate surface area is 173 Å². The zero-order chi connectivity index (χ0) is 21.4. The lowest BCUT2D eigenvalue weighted by Crippen LogP contribution is -2.39. The molecule has 1 heterocycles. The maximum Gasteiger partial charge on any atom is 0.234 e. The van der Waals surface area contributed by atoms with Gasteiger partial charge in [0, 0.05) is 18.0 Å². The molecule has 0 saturated heterocycles. The van der Waals surface area contributed by atoms with E-state index in [4.69, 9.17) is 0 Å². The predicted octanol–water partition coefficient (Wildman–Crippen LogP) is 4.42. The average molecular weight is 415 g/mol. The smallest absolute Gasteiger partial charge is 0.234 e. The topological polar surface area (TPSA) is 48.1 Å². The van der Waals surface area contributed by atoms with E-state index >= 15 is 0 Å². The van der Waals surface area contributed by atoms with E-state index in [0.717, 1.165) is 30.0 Å². The lowest BCUT2D eigenvalue weighted by Gasteiger charge is -2.36. The van der Waals surface area contributed by atoms with Crippen LogP contribution in [0.25, 0.3) is 22.2 Å². The molecular formula is C23H24F3N3O. The number of benzene rings is 2. The van der Waals surface area contributed by atoms with E-state index in [0.29, 0.717) is 30.1 Å². The Morgan fingerprint density at radius 3 is 2.47 bits per heavy atom. The van der Waals surface area contributed by atoms with Crippen LogP contribution in [0.2, 0.25) is 0 Å². The lowest BCUT2D eigenvalue weighted by atomic mass is 9.70. The van der Waals surface area contributed by atoms with Crippen LogP contribution in [0.3, 0.4) is 0 Å². The number of amides is 1. The zero-order valence-corrected chi connectivity index (χ0v) is 16.9. The van der Waals surface area contributed by atoms with E-state index < -0.39 is 11.6 Å². The molecule has 4 nitrogen and oxygen atoms in total. The molecule has 30 heavy (non-hydrogen) atoms. The molecule has 2 N–H and O–H groups in total. The fraction of sp³-hybridized carbons (Fsp3) is 0.348. The molecule has 158 valence electrons. The summed E-state index contributed by atoms with van der Waals surface area (Å²) in [6.45, 7) is 0.923. The van der Waals surface area contributed by atoms with Crippen molar-refractivity contribution in [3.8, 4) is 11.3 Å². The van der Waals surface area contributed by atoms with Gasteiger partial charge in [-0.15, -0.1) is 0 Å². The minimum absolute atomic E-state index is 0.0216. The number of fused-ring (bicyclic) bond motifs is 1. The molecular weight excluding hydrogens is 391 g/mol. The van der Waals surface area contributed by atoms with Crippen LogP contribution in [-0.4, -0.2) is 43.0 Å². The second-order valence-electron chi connectivity index (χ2n) is 8.31. The van der Waals surface area contributed by atoms with Crippen molar-refractivity contribution in [1.82, 2.24) is 15.2 Å². The van der Waals surface area contributed by atoms with Gasteiger partial charge in [-0.05, 0) is 80.2 Å². The van der Waals surface area contributed by atoms with Gasteiger partial charge in [0.1, 0.15) is 17.5 Å². The van der Waals surface area contributed by atoms with Crippen molar-refractivity contribution in [3.63, 3.8) is 0 Å². The third-order valence-corrected chi connectivity index (χ3v) is 5.69. The molecule has 3 aromatic rings. The Kier molecular flexibility index (Phi) is 5.56. The van der Waals surface area contributed by atoms with Crippen molar-refractivity contribution in [2.45, 2.75) is 18.8 Å². The fourth-order valence-corrected chi connectivity index (χ4v) is 4.25. The molecule has 1 amide bonds. The molecule has 2 aromatic carbocycles. The van der Waals surface area contributed by atoms with E-state index in [2.05, 4.69) is 10.3 Å². The van der Waals surface area contributed by atoms with Gasteiger partial charge >= 0.3 is 0 Å². The molecule has 1 aliphatic rings. The lowest BCUT2D eigenvalue weighted by molar-refractivity contribution is -0.122. The highest BCUT2D eigenvalue weighted by Crippen LogP contribution is 2.48. The predicted molar refractivity (Wildman–Crippen MR) is 111 cm³/mol. The third-order valence-electron chi connectivity index (χ3n) is 5.69. The first-order valence-electron chi connectivity index (χ1n) is 9.99. The van der Waals surface area contributed by atoms with Gasteiger partial charge in [-0.25, -0.2) is 13.2 Å². The van der Waals surface area contributed by atoms with Crippen molar-refractivity contribution in [2.24, 2.45) is 5.92 Å². The summed E-state index contributed by atoms with van der Waals surface area (Å²) in [5.74, 6) is -1.23. The summed E-state index contributed by atoms with van der Waals surface area (Å²) in [7, 11) is 3.68. The number of likely N-dealkylation sites (N-methyl/N-ethyl adjacent to an activating group) is 1. The minimum atomic E-state index is -0.647. The molecule has 0 atom stereocenters. The summed E-state index contributed by atoms with van der Waals surface area (Å²) in [6.07, 6.45) is 1.61. The molecule has 1 fully saturated rings. The quantitative estimate of drug-likeness (QED) is 0.626. The number of nitrogens with one attached hydrogen (secondary N) is 2. The van der Waals surface area contributed by atoms with Gasteiger partial charge in [0.15, 0.2) is 0 Å². The molecule has 0 unspecified atom stereocenters. The van der Waals surface area contributed by atoms with Crippen molar-refractivity contribution < 1.29 is 18.0 Å². The van der Waals surface area contributed by atoms with E-state index in [1.807, 2.05) is 19.0 Å². The Hall–Kier alpha value is -2.80. The number of rotatable bonds is 6. The molecule has 7 heteroatoms. The maximum atomic E-state index is 14.4. The molecule has 0 radical (unpaired) electrons. The van der Waals surface area contributed by atoms with Crippen molar-refractivity contribution >= 4 is 16.8 Å². The number of aromatic amines is 1. The standard InChI is InChI=1S/C23H24F3N3O/c1-29(2)12-20(30)27-11-13-7-15(8-13)21-18-9-17(25)10-19(26)23(18)28-22(21)14-3-5-16(24)6-4-14/h3-6,9-10,13,15,28H,7-8,11-12H2,1-2H3,(H,27,30). The number of hydrogen-bond acceptors (Lipinski definition) is 2. The average Bonchev–Trinajstić information content (AvgIpc) is 3.00. The Bertz CT molecular complexity index is 1070. The Morgan fingerprint density at radius 2 is 1.80 bits per heavy atom. The highest BCUT2D eigenvalue weighted by Gasteiger charge is 2.34. The van der Waals surface area contributed by atoms with E-state index in [9.17, 15) is 18.0 Å². The number of H-pyrrole nitrogens is 1. The molecule has 0 aliphatic heterocycles. The largest absolute Gasteiger partial charge is 0.355 e. The summed E-state index contributed by atoms with van der Waals surface area (Å²) >= 11 is 0. The SMILES string of the molecule is CN(C)CC(=O)NCC1CC(c2c(-c3ccc(F)cc3)[nH]c3c(F)cc(F)cc23)C1. The van der Waals surface area contributed by atoms with Gasteiger partial charge < -0.3 is 15.2 Å². The van der Waals surface area contributed by atoms with Crippen LogP contribution in [0.1, 0.15) is 24.3 Å². The molecule has 4 rings (SSSR count). The third kappa shape index (κ3) is 4.07. The normalized spacial score (nSPS) is 18.6. The number of carbonyl (C=O) groups excluding carboxylic acids is 1. The van der Waals surface area contributed by atoms with Crippen molar-refractivity contribution in [2.75, 3.05) is 27.2 Å². The number of nitrogens with zero attached hydrogens (tertiary/aromatic N) is 1. The van der Waals surface area contributed by atoms with Crippen molar-refractivity contribution in [1.29, 1.82) is 0 Å². The van der Waals surface area contributed by atoms with Crippen LogP contribution in [0, 0.1) is 23.4 Å². The molecule has 0 spiro atoms. The summed E-state index contributed by atoms with van der Waals surface area (Å²) in [6, 6.07) is 8.19. The summed E-state index contributed by atoms with van der Waals surface area (Å²) < 4.78 is 41.8. The van der Waals surface area contributed by atoms with E-state index in [-0.39, 0.29) is 23.2 Å². The Balaban J connectivity index is 1.60. The summed E-state index contributed by atoms with van der Waals surface area (Å²) in [5, 5.41) is 3.46. The van der Waals surface area contributed by atoms with Crippen molar-refractivity contribution in [3.05, 3.63) is 59.4 Å². The second-order valence-corrected chi connectivity index (χ2v) is 8.31. The minimum Gasteiger partial charge on any atom is -0.355 e. The molecule has 1 aliphatic carbocycles. The number of halogens is 3. The van der Waals surface area contributed by atoms with Crippen LogP contribution in [0.5, 0.6) is 0 Å². The number of carbonyl (C=O) groups is 1. The van der Waals surface area contributed by atoms with E-state index in [1.165, 1.54) is 18.2 Å². The van der Waals surface area contributed by atoms with Crippen LogP contribution < -0.4 is 5.32 Å². The highest BCUT2D eigenvalue weighted by atomic mass is 19.1. The van der Waals surface area contributed by atoms with Gasteiger partial charge in [0.25, 0.3) is 0 Å². The Morgan fingerprint density at radius 1 is 1.10 bits per heavy atom. The first kappa shape index (κ1) is 20.5. The summed E-state index contributed by atoms with van der Waals surface area (Å²) in [5.41, 5.74) is 2.53. The van der Waals surface area contributed by atoms with Crippen LogP contribution in [0.4, 0.5) is 13.2 Å². The molecule has 1 saturated carbocycles. The second kappa shape index (κ2) is 8.14. The monoisotopic (exact) mass is 415 g/mol. The maximum absolute atomic E-state index is 14.4. The van der Waals surface area contributed by atoms with E-state index in [1.54, 1.807) is 12.1 Å². The van der Waals surface area contributed by atoms with Gasteiger partial charge in [-0.2, -0.15) is 0 Å². The fourth-order valence-electron chi connectivity index (χ4n) is 4.25.